The molecule has 5 fully saturated rings. The molecule has 2 unspecified atom stereocenters. The zero-order chi connectivity index (χ0) is 29.6. The summed E-state index contributed by atoms with van der Waals surface area (Å²) in [7, 11) is -5.03. The van der Waals surface area contributed by atoms with Gasteiger partial charge >= 0.3 is 210 Å². The fourth-order valence-electron chi connectivity index (χ4n) is 5.13. The second kappa shape index (κ2) is 10.2. The Labute approximate surface area is 231 Å². The second-order valence-corrected chi connectivity index (χ2v) is 14.1. The number of aliphatic hydroxyl groups excluding tert-OH is 6. The number of rotatable bonds is 7. The van der Waals surface area contributed by atoms with E-state index < -0.39 is 133 Å². The molecule has 14 N–H and O–H groups in total. The van der Waals surface area contributed by atoms with Crippen molar-refractivity contribution < 1.29 is 81.3 Å². The first-order valence-electron chi connectivity index (χ1n) is 11.8. The number of aliphatic hydroxyl groups is 8. The van der Waals surface area contributed by atoms with E-state index in [2.05, 4.69) is 4.18 Å². The normalized spacial score (nSPS) is 57.3. The van der Waals surface area contributed by atoms with Crippen LogP contribution in [0.1, 0.15) is 0 Å². The van der Waals surface area contributed by atoms with Gasteiger partial charge in [-0.2, -0.15) is 0 Å². The molecule has 0 saturated carbocycles. The van der Waals surface area contributed by atoms with Gasteiger partial charge in [-0.25, -0.2) is 0 Å². The van der Waals surface area contributed by atoms with Crippen LogP contribution < -0.4 is 17.2 Å². The molecule has 5 rings (SSSR count). The van der Waals surface area contributed by atoms with Crippen molar-refractivity contribution in [1.29, 1.82) is 0 Å². The molecule has 0 aromatic carbocycles. The van der Waals surface area contributed by atoms with Gasteiger partial charge in [-0.1, -0.05) is 0 Å². The summed E-state index contributed by atoms with van der Waals surface area (Å²) in [5.74, 6) is -3.19. The van der Waals surface area contributed by atoms with Gasteiger partial charge in [0.25, 0.3) is 0 Å². The van der Waals surface area contributed by atoms with Gasteiger partial charge in [0.1, 0.15) is 0 Å². The van der Waals surface area contributed by atoms with Crippen LogP contribution in [0.25, 0.3) is 0 Å². The van der Waals surface area contributed by atoms with Crippen molar-refractivity contribution in [3.8, 4) is 0 Å². The van der Waals surface area contributed by atoms with E-state index in [0.717, 1.165) is 0 Å². The third-order valence-corrected chi connectivity index (χ3v) is 11.7. The Hall–Kier alpha value is -0.251. The molecule has 0 spiro atoms. The molecular weight excluding hydrogens is 641 g/mol. The maximum atomic E-state index is 12.1. The first-order valence-corrected chi connectivity index (χ1v) is 14.9. The van der Waals surface area contributed by atoms with Gasteiger partial charge < -0.3 is 15.9 Å². The molecule has 0 radical (unpaired) electrons. The number of hydrogen-bond acceptors (Lipinski definition) is 20. The summed E-state index contributed by atoms with van der Waals surface area (Å²) < 4.78 is 56.8. The Bertz CT molecular complexity index is 1090. The number of hydrogen-bond donors (Lipinski definition) is 11. The third-order valence-electron chi connectivity index (χ3n) is 7.49. The Morgan fingerprint density at radius 2 is 1.45 bits per heavy atom. The van der Waals surface area contributed by atoms with Crippen LogP contribution in [0, 0.1) is 0 Å². The van der Waals surface area contributed by atoms with E-state index in [9.17, 15) is 49.3 Å². The van der Waals surface area contributed by atoms with Crippen molar-refractivity contribution in [1.82, 2.24) is 0 Å². The van der Waals surface area contributed by atoms with Crippen LogP contribution in [0.15, 0.2) is 0 Å². The van der Waals surface area contributed by atoms with Gasteiger partial charge in [0, 0.05) is 0 Å². The average molecular weight is 672 g/mol. The zero-order valence-electron chi connectivity index (χ0n) is 20.3. The van der Waals surface area contributed by atoms with Crippen LogP contribution in [0.4, 0.5) is 0 Å². The van der Waals surface area contributed by atoms with Gasteiger partial charge in [0.15, 0.2) is 6.29 Å². The summed E-state index contributed by atoms with van der Waals surface area (Å²) in [6.45, 7) is -2.54. The molecule has 5 aliphatic rings. The molecule has 0 bridgehead atoms. The van der Waals surface area contributed by atoms with Crippen molar-refractivity contribution >= 4 is 25.4 Å². The molecule has 22 heteroatoms. The monoisotopic (exact) mass is 673 g/mol. The van der Waals surface area contributed by atoms with Gasteiger partial charge in [0.05, 0.1) is 0 Å². The Morgan fingerprint density at radius 3 is 2.05 bits per heavy atom. The van der Waals surface area contributed by atoms with Crippen LogP contribution >= 0.6 is 0 Å². The first-order chi connectivity index (χ1) is 18.5. The van der Waals surface area contributed by atoms with Crippen LogP contribution in [-0.4, -0.2) is 172 Å². The molecule has 5 saturated heterocycles. The first kappa shape index (κ1) is 31.2. The molecule has 232 valence electrons. The van der Waals surface area contributed by atoms with Crippen molar-refractivity contribution in [3.63, 3.8) is 0 Å². The summed E-state index contributed by atoms with van der Waals surface area (Å²) >= 11 is -1.23. The van der Waals surface area contributed by atoms with Crippen molar-refractivity contribution in [2.75, 3.05) is 19.8 Å². The molecule has 40 heavy (non-hydrogen) atoms. The van der Waals surface area contributed by atoms with Crippen LogP contribution in [0.5, 0.6) is 0 Å². The van der Waals surface area contributed by atoms with E-state index in [4.69, 9.17) is 45.1 Å². The van der Waals surface area contributed by atoms with Crippen LogP contribution in [0.3, 0.4) is 0 Å². The number of fused-ring (bicyclic) bond motifs is 3. The van der Waals surface area contributed by atoms with E-state index >= 15 is 0 Å². The van der Waals surface area contributed by atoms with E-state index in [-0.39, 0.29) is 0 Å². The summed E-state index contributed by atoms with van der Waals surface area (Å²) in [6.07, 6.45) is -14.7. The topological polar surface area (TPSA) is 339 Å². The van der Waals surface area contributed by atoms with E-state index in [1.54, 1.807) is 0 Å². The van der Waals surface area contributed by atoms with Crippen LogP contribution in [0.2, 0.25) is 0 Å². The predicted molar refractivity (Wildman–Crippen MR) is 120 cm³/mol. The summed E-state index contributed by atoms with van der Waals surface area (Å²) in [6, 6.07) is -2.88. The molecular formula is C18H31N3O17SSe. The molecule has 5 aliphatic heterocycles. The van der Waals surface area contributed by atoms with Gasteiger partial charge in [-0.15, -0.1) is 0 Å². The molecule has 0 aromatic heterocycles. The van der Waals surface area contributed by atoms with Crippen LogP contribution in [-0.2, 0) is 42.4 Å². The Morgan fingerprint density at radius 1 is 0.875 bits per heavy atom. The van der Waals surface area contributed by atoms with E-state index in [0.29, 0.717) is 0 Å². The predicted octanol–water partition coefficient (Wildman–Crippen LogP) is -9.35. The number of ether oxygens (including phenoxy) is 5. The van der Waals surface area contributed by atoms with Gasteiger partial charge in [-0.05, 0) is 0 Å². The third kappa shape index (κ3) is 4.31. The van der Waals surface area contributed by atoms with E-state index in [1.807, 2.05) is 0 Å². The maximum absolute atomic E-state index is 12.1. The van der Waals surface area contributed by atoms with E-state index in [1.165, 1.54) is 0 Å². The molecule has 20 nitrogen and oxygen atoms in total. The molecule has 0 amide bonds. The summed E-state index contributed by atoms with van der Waals surface area (Å²) in [5.41, 5.74) is 14.9. The fraction of sp³-hybridized carbons (Fsp3) is 1.00. The second-order valence-electron chi connectivity index (χ2n) is 9.93. The van der Waals surface area contributed by atoms with Gasteiger partial charge in [0.2, 0.25) is 0 Å². The van der Waals surface area contributed by atoms with Crippen molar-refractivity contribution in [2.24, 2.45) is 17.2 Å². The molecule has 0 aromatic rings. The zero-order valence-corrected chi connectivity index (χ0v) is 22.8. The minimum absolute atomic E-state index is 0.725. The summed E-state index contributed by atoms with van der Waals surface area (Å²) in [4.78, 5) is 0. The number of nitrogens with two attached hydrogens (primary N) is 3. The Kier molecular flexibility index (Phi) is 7.91. The van der Waals surface area contributed by atoms with Crippen molar-refractivity contribution in [3.05, 3.63) is 0 Å². The average Bonchev–Trinajstić information content (AvgIpc) is 3.45. The molecule has 0 aliphatic carbocycles. The summed E-state index contributed by atoms with van der Waals surface area (Å²) in [5, 5.41) is 82.8. The standard InChI is InChI=1S/C18H31N3O17SSe/c19-6-8(25)10(4(1-22)32-12(6)27)34-13-7(20)9(26)11(5(2-23)33-13)35-14-16(21)17(28,38-39(30,31)37-16)18(29)15(3-24,36-14)40-18/h4-14,22-29H,1-3,19-21H2/t4-,5-,6-,7-,8-,9-,10?,11?,12-,13+,14+,15-,16-,17-,18-/m1/s1. The molecule has 5 heterocycles. The fourth-order valence-corrected chi connectivity index (χ4v) is 8.91. The van der Waals surface area contributed by atoms with Gasteiger partial charge in [-0.3, -0.25) is 0 Å². The minimum atomic E-state index is -5.03. The molecule has 15 atom stereocenters. The SMILES string of the molecule is N[C@H]1[C@H](OC2[C@@H](CO)O[C@@H](O)[C@H](N)[C@H]2O)O[C@H](CO)C(O[C@H]2O[C@]3(CO)[Se][C@@]3(O)[C@]3(O)OS(=O)(=O)O[C@]23N)[C@@H]1O. The van der Waals surface area contributed by atoms with Crippen molar-refractivity contribution in [2.45, 2.75) is 88.1 Å². The quantitative estimate of drug-likeness (QED) is 0.112. The Balaban J connectivity index is 1.38.